The van der Waals surface area contributed by atoms with Gasteiger partial charge in [-0.2, -0.15) is 0 Å². The van der Waals surface area contributed by atoms with Crippen molar-refractivity contribution >= 4 is 13.7 Å². The van der Waals surface area contributed by atoms with E-state index < -0.39 is 20.0 Å². The van der Waals surface area contributed by atoms with Gasteiger partial charge in [0, 0.05) is 6.42 Å². The maximum Gasteiger partial charge on any atom is 0.268 e. The molecule has 0 fully saturated rings. The number of rotatable bonds is 55. The molecule has 400 valence electrons. The third-order valence-corrected chi connectivity index (χ3v) is 14.7. The molecule has 0 saturated heterocycles. The van der Waals surface area contributed by atoms with Crippen LogP contribution in [-0.2, 0) is 18.4 Å². The Hall–Kier alpha value is -0.760. The van der Waals surface area contributed by atoms with Crippen molar-refractivity contribution in [1.82, 2.24) is 5.32 Å². The Kier molecular flexibility index (Phi) is 49.6. The minimum atomic E-state index is -4.57. The molecule has 0 aromatic rings. The number of likely N-dealkylation sites (N-methyl/N-ethyl adjacent to an activating group) is 1. The number of carbonyl (C=O) groups excluding carboxylic acids is 1. The van der Waals surface area contributed by atoms with Crippen LogP contribution in [-0.4, -0.2) is 68.5 Å². The first kappa shape index (κ1) is 66.2. The van der Waals surface area contributed by atoms with E-state index in [0.717, 1.165) is 44.9 Å². The highest BCUT2D eigenvalue weighted by molar-refractivity contribution is 7.45. The number of nitrogens with zero attached hydrogens (tertiary/aromatic N) is 1. The van der Waals surface area contributed by atoms with Crippen molar-refractivity contribution in [3.05, 3.63) is 12.2 Å². The van der Waals surface area contributed by atoms with Crippen molar-refractivity contribution in [2.24, 2.45) is 0 Å². The second kappa shape index (κ2) is 50.2. The fourth-order valence-corrected chi connectivity index (χ4v) is 9.82. The van der Waals surface area contributed by atoms with Crippen molar-refractivity contribution in [2.45, 2.75) is 315 Å². The Balaban J connectivity index is 3.61. The highest BCUT2D eigenvalue weighted by Gasteiger charge is 2.23. The number of allylic oxidation sites excluding steroid dienone is 1. The molecule has 0 rings (SSSR count). The van der Waals surface area contributed by atoms with Crippen LogP contribution in [0.15, 0.2) is 12.2 Å². The number of hydrogen-bond acceptors (Lipinski definition) is 6. The lowest BCUT2D eigenvalue weighted by Crippen LogP contribution is -2.45. The number of unbranched alkanes of at least 4 members (excludes halogenated alkanes) is 42. The first-order valence-corrected chi connectivity index (χ1v) is 31.0. The molecule has 9 heteroatoms. The molecule has 3 unspecified atom stereocenters. The van der Waals surface area contributed by atoms with Gasteiger partial charge in [0.25, 0.3) is 7.82 Å². The highest BCUT2D eigenvalue weighted by atomic mass is 31.2. The summed E-state index contributed by atoms with van der Waals surface area (Å²) in [6.45, 7) is 4.56. The quantitative estimate of drug-likeness (QED) is 0.0272. The largest absolute Gasteiger partial charge is 0.756 e. The van der Waals surface area contributed by atoms with Crippen LogP contribution < -0.4 is 10.2 Å². The number of phosphoric ester groups is 1. The van der Waals surface area contributed by atoms with Gasteiger partial charge in [-0.25, -0.2) is 0 Å². The maximum atomic E-state index is 12.8. The van der Waals surface area contributed by atoms with Crippen molar-refractivity contribution in [3.63, 3.8) is 0 Å². The number of amides is 1. The maximum absolute atomic E-state index is 12.8. The molecule has 1 amide bonds. The van der Waals surface area contributed by atoms with Gasteiger partial charge < -0.3 is 28.8 Å². The second-order valence-corrected chi connectivity index (χ2v) is 23.1. The Morgan fingerprint density at radius 3 is 1.12 bits per heavy atom. The summed E-state index contributed by atoms with van der Waals surface area (Å²) >= 11 is 0. The summed E-state index contributed by atoms with van der Waals surface area (Å²) in [4.78, 5) is 25.2. The number of phosphoric acid groups is 1. The Bertz CT molecular complexity index is 1100. The zero-order chi connectivity index (χ0) is 49.2. The normalized spacial score (nSPS) is 14.0. The van der Waals surface area contributed by atoms with E-state index in [0.29, 0.717) is 17.4 Å². The van der Waals surface area contributed by atoms with Gasteiger partial charge in [0.1, 0.15) is 13.2 Å². The summed E-state index contributed by atoms with van der Waals surface area (Å²) in [6.07, 6.45) is 62.6. The van der Waals surface area contributed by atoms with Crippen LogP contribution in [0.1, 0.15) is 303 Å². The number of aliphatic hydroxyl groups excluding tert-OH is 1. The lowest BCUT2D eigenvalue weighted by molar-refractivity contribution is -0.870. The molecule has 0 aliphatic rings. The number of hydrogen-bond donors (Lipinski definition) is 2. The Morgan fingerprint density at radius 1 is 0.507 bits per heavy atom. The van der Waals surface area contributed by atoms with Crippen LogP contribution in [0.4, 0.5) is 0 Å². The first-order chi connectivity index (χ1) is 32.5. The number of nitrogens with one attached hydrogen (secondary N) is 1. The summed E-state index contributed by atoms with van der Waals surface area (Å²) in [6, 6.07) is -0.878. The predicted molar refractivity (Wildman–Crippen MR) is 289 cm³/mol. The number of quaternary nitrogens is 1. The molecule has 0 aromatic heterocycles. The number of aliphatic hydroxyl groups is 1. The van der Waals surface area contributed by atoms with Gasteiger partial charge in [-0.3, -0.25) is 9.36 Å². The molecular formula is C58H117N2O6P. The molecular weight excluding hydrogens is 852 g/mol. The van der Waals surface area contributed by atoms with E-state index in [1.54, 1.807) is 6.08 Å². The smallest absolute Gasteiger partial charge is 0.268 e. The molecule has 67 heavy (non-hydrogen) atoms. The van der Waals surface area contributed by atoms with Gasteiger partial charge in [-0.15, -0.1) is 0 Å². The lowest BCUT2D eigenvalue weighted by atomic mass is 10.0. The van der Waals surface area contributed by atoms with Crippen molar-refractivity contribution in [1.29, 1.82) is 0 Å². The van der Waals surface area contributed by atoms with Crippen LogP contribution in [0.25, 0.3) is 0 Å². The highest BCUT2D eigenvalue weighted by Crippen LogP contribution is 2.38. The number of carbonyl (C=O) groups is 1. The zero-order valence-corrected chi connectivity index (χ0v) is 46.5. The molecule has 3 atom stereocenters. The van der Waals surface area contributed by atoms with Crippen molar-refractivity contribution in [2.75, 3.05) is 40.9 Å². The average molecular weight is 970 g/mol. The van der Waals surface area contributed by atoms with Gasteiger partial charge in [0.2, 0.25) is 5.91 Å². The second-order valence-electron chi connectivity index (χ2n) is 21.7. The molecule has 0 radical (unpaired) electrons. The minimum absolute atomic E-state index is 0.000979. The Morgan fingerprint density at radius 2 is 0.806 bits per heavy atom. The van der Waals surface area contributed by atoms with E-state index in [4.69, 9.17) is 9.05 Å². The fourth-order valence-electron chi connectivity index (χ4n) is 9.10. The third kappa shape index (κ3) is 52.9. The van der Waals surface area contributed by atoms with Crippen molar-refractivity contribution < 1.29 is 32.9 Å². The van der Waals surface area contributed by atoms with Gasteiger partial charge in [0.15, 0.2) is 0 Å². The molecule has 0 spiro atoms. The SMILES string of the molecule is CCCCC/C=C/C(O)C(COP(=O)([O-])OCC[N+](C)(C)C)NC(=O)CCCCCCCCCCCCCCCCCCCCCCCCCCCCCCCCCCCCCCCCCC. The van der Waals surface area contributed by atoms with Gasteiger partial charge in [-0.1, -0.05) is 289 Å². The van der Waals surface area contributed by atoms with E-state index in [9.17, 15) is 19.4 Å². The molecule has 8 nitrogen and oxygen atoms in total. The minimum Gasteiger partial charge on any atom is -0.756 e. The van der Waals surface area contributed by atoms with Gasteiger partial charge in [0.05, 0.1) is 39.9 Å². The van der Waals surface area contributed by atoms with Crippen LogP contribution in [0, 0.1) is 0 Å². The molecule has 0 aliphatic carbocycles. The van der Waals surface area contributed by atoms with Gasteiger partial charge in [-0.05, 0) is 19.3 Å². The van der Waals surface area contributed by atoms with E-state index in [1.165, 1.54) is 238 Å². The lowest BCUT2D eigenvalue weighted by Gasteiger charge is -2.29. The summed E-state index contributed by atoms with van der Waals surface area (Å²) in [7, 11) is 1.27. The summed E-state index contributed by atoms with van der Waals surface area (Å²) in [5, 5.41) is 13.6. The van der Waals surface area contributed by atoms with E-state index in [2.05, 4.69) is 19.2 Å². The van der Waals surface area contributed by atoms with E-state index >= 15 is 0 Å². The Labute approximate surface area is 418 Å². The monoisotopic (exact) mass is 969 g/mol. The molecule has 2 N–H and O–H groups in total. The van der Waals surface area contributed by atoms with Gasteiger partial charge >= 0.3 is 0 Å². The summed E-state index contributed by atoms with van der Waals surface area (Å²) < 4.78 is 23.1. The summed E-state index contributed by atoms with van der Waals surface area (Å²) in [5.74, 6) is -0.199. The molecule has 0 heterocycles. The average Bonchev–Trinajstić information content (AvgIpc) is 3.29. The van der Waals surface area contributed by atoms with E-state index in [-0.39, 0.29) is 19.1 Å². The fraction of sp³-hybridized carbons (Fsp3) is 0.948. The molecule has 0 bridgehead atoms. The first-order valence-electron chi connectivity index (χ1n) is 29.6. The van der Waals surface area contributed by atoms with Crippen LogP contribution in [0.2, 0.25) is 0 Å². The molecule has 0 aliphatic heterocycles. The van der Waals surface area contributed by atoms with Crippen LogP contribution >= 0.6 is 7.82 Å². The molecule has 0 saturated carbocycles. The predicted octanol–water partition coefficient (Wildman–Crippen LogP) is 17.2. The summed E-state index contributed by atoms with van der Waals surface area (Å²) in [5.41, 5.74) is 0. The topological polar surface area (TPSA) is 108 Å². The van der Waals surface area contributed by atoms with Crippen LogP contribution in [0.5, 0.6) is 0 Å². The molecule has 0 aromatic carbocycles. The van der Waals surface area contributed by atoms with Crippen LogP contribution in [0.3, 0.4) is 0 Å². The zero-order valence-electron chi connectivity index (χ0n) is 45.6. The standard InChI is InChI=1S/C58H117N2O6P/c1-6-8-10-12-13-14-15-16-17-18-19-20-21-22-23-24-25-26-27-28-29-30-31-32-33-34-35-36-37-38-39-40-41-42-43-44-45-46-48-50-52-58(62)59-56(57(61)51-49-47-11-9-7-2)55-66-67(63,64)65-54-53-60(3,4)5/h49,51,56-57,61H,6-48,50,52-55H2,1-5H3,(H-,59,62,63,64)/b51-49+. The van der Waals surface area contributed by atoms with Crippen molar-refractivity contribution in [3.8, 4) is 0 Å². The third-order valence-electron chi connectivity index (χ3n) is 13.7. The van der Waals surface area contributed by atoms with E-state index in [1.807, 2.05) is 27.2 Å².